The molecule has 6 nitrogen and oxygen atoms in total. The smallest absolute Gasteiger partial charge is 0.321 e. The van der Waals surface area contributed by atoms with Crippen molar-refractivity contribution in [3.8, 4) is 0 Å². The Balaban J connectivity index is 2.20. The number of carbonyl (C=O) groups is 2. The van der Waals surface area contributed by atoms with E-state index in [-0.39, 0.29) is 18.5 Å². The van der Waals surface area contributed by atoms with Gasteiger partial charge in [0.25, 0.3) is 0 Å². The van der Waals surface area contributed by atoms with Crippen molar-refractivity contribution < 1.29 is 9.59 Å². The van der Waals surface area contributed by atoms with Gasteiger partial charge in [0.15, 0.2) is 0 Å². The Morgan fingerprint density at radius 3 is 2.89 bits per heavy atom. The number of hydrogen-bond donors (Lipinski definition) is 3. The van der Waals surface area contributed by atoms with Crippen LogP contribution in [0.25, 0.3) is 0 Å². The first-order chi connectivity index (χ1) is 9.15. The van der Waals surface area contributed by atoms with Crippen molar-refractivity contribution in [1.29, 1.82) is 0 Å². The van der Waals surface area contributed by atoms with E-state index in [1.54, 1.807) is 4.90 Å². The quantitative estimate of drug-likeness (QED) is 0.748. The van der Waals surface area contributed by atoms with Gasteiger partial charge in [0, 0.05) is 18.8 Å². The maximum atomic E-state index is 11.9. The summed E-state index contributed by atoms with van der Waals surface area (Å²) in [6, 6.07) is 5.46. The van der Waals surface area contributed by atoms with E-state index in [2.05, 4.69) is 10.6 Å². The number of amides is 3. The van der Waals surface area contributed by atoms with Gasteiger partial charge in [-0.1, -0.05) is 6.07 Å². The molecular weight excluding hydrogens is 244 g/mol. The minimum absolute atomic E-state index is 0.0584. The third-order valence-electron chi connectivity index (χ3n) is 3.02. The lowest BCUT2D eigenvalue weighted by Gasteiger charge is -2.18. The fourth-order valence-corrected chi connectivity index (χ4v) is 2.13. The summed E-state index contributed by atoms with van der Waals surface area (Å²) in [5.41, 5.74) is 7.88. The van der Waals surface area contributed by atoms with Gasteiger partial charge in [-0.15, -0.1) is 0 Å². The molecule has 0 spiro atoms. The first-order valence-corrected chi connectivity index (χ1v) is 6.34. The molecule has 0 atom stereocenters. The average molecular weight is 262 g/mol. The molecular formula is C13H18N4O2. The number of anilines is 2. The Kier molecular flexibility index (Phi) is 4.01. The van der Waals surface area contributed by atoms with Crippen molar-refractivity contribution in [2.45, 2.75) is 13.3 Å². The Morgan fingerprint density at radius 2 is 2.21 bits per heavy atom. The van der Waals surface area contributed by atoms with Crippen LogP contribution in [0, 0.1) is 0 Å². The normalized spacial score (nSPS) is 13.1. The maximum absolute atomic E-state index is 11.9. The third-order valence-corrected chi connectivity index (χ3v) is 3.02. The highest BCUT2D eigenvalue weighted by Crippen LogP contribution is 2.30. The molecule has 1 heterocycles. The van der Waals surface area contributed by atoms with E-state index in [0.29, 0.717) is 18.8 Å². The number of nitrogens with two attached hydrogens (primary N) is 1. The second-order valence-electron chi connectivity index (χ2n) is 4.33. The van der Waals surface area contributed by atoms with Gasteiger partial charge >= 0.3 is 6.03 Å². The molecule has 0 saturated carbocycles. The predicted molar refractivity (Wildman–Crippen MR) is 74.2 cm³/mol. The SMILES string of the molecule is CCNC(=O)N1CCc2ccc(NC(=O)CN)cc21. The minimum atomic E-state index is -0.248. The first kappa shape index (κ1) is 13.4. The zero-order valence-corrected chi connectivity index (χ0v) is 10.9. The summed E-state index contributed by atoms with van der Waals surface area (Å²) in [6.07, 6.45) is 0.831. The number of hydrogen-bond acceptors (Lipinski definition) is 3. The summed E-state index contributed by atoms with van der Waals surface area (Å²) in [5, 5.41) is 5.47. The zero-order valence-electron chi connectivity index (χ0n) is 10.9. The van der Waals surface area contributed by atoms with Crippen molar-refractivity contribution in [2.75, 3.05) is 29.9 Å². The Morgan fingerprint density at radius 1 is 1.42 bits per heavy atom. The van der Waals surface area contributed by atoms with Gasteiger partial charge in [-0.2, -0.15) is 0 Å². The van der Waals surface area contributed by atoms with Gasteiger partial charge in [0.1, 0.15) is 0 Å². The molecule has 6 heteroatoms. The molecule has 0 unspecified atom stereocenters. The summed E-state index contributed by atoms with van der Waals surface area (Å²) in [4.78, 5) is 24.9. The van der Waals surface area contributed by atoms with Crippen molar-refractivity contribution >= 4 is 23.3 Å². The molecule has 19 heavy (non-hydrogen) atoms. The van der Waals surface area contributed by atoms with Crippen molar-refractivity contribution in [2.24, 2.45) is 5.73 Å². The van der Waals surface area contributed by atoms with Crippen LogP contribution in [0.4, 0.5) is 16.2 Å². The molecule has 0 aliphatic carbocycles. The molecule has 0 bridgehead atoms. The Hall–Kier alpha value is -2.08. The first-order valence-electron chi connectivity index (χ1n) is 6.34. The number of benzene rings is 1. The van der Waals surface area contributed by atoms with Crippen LogP contribution in [-0.4, -0.2) is 31.6 Å². The maximum Gasteiger partial charge on any atom is 0.321 e. The lowest BCUT2D eigenvalue weighted by atomic mass is 10.1. The number of rotatable bonds is 3. The number of nitrogens with one attached hydrogen (secondary N) is 2. The van der Waals surface area contributed by atoms with Gasteiger partial charge in [-0.3, -0.25) is 9.69 Å². The lowest BCUT2D eigenvalue weighted by molar-refractivity contribution is -0.114. The molecule has 3 amide bonds. The van der Waals surface area contributed by atoms with Crippen molar-refractivity contribution in [3.05, 3.63) is 23.8 Å². The largest absolute Gasteiger partial charge is 0.338 e. The fourth-order valence-electron chi connectivity index (χ4n) is 2.13. The van der Waals surface area contributed by atoms with Gasteiger partial charge in [0.05, 0.1) is 12.2 Å². The summed E-state index contributed by atoms with van der Waals surface area (Å²) < 4.78 is 0. The second kappa shape index (κ2) is 5.71. The van der Waals surface area contributed by atoms with Crippen molar-refractivity contribution in [1.82, 2.24) is 5.32 Å². The number of fused-ring (bicyclic) bond motifs is 1. The van der Waals surface area contributed by atoms with Crippen LogP contribution in [0.15, 0.2) is 18.2 Å². The van der Waals surface area contributed by atoms with Crippen LogP contribution in [0.5, 0.6) is 0 Å². The van der Waals surface area contributed by atoms with E-state index in [4.69, 9.17) is 5.73 Å². The molecule has 2 rings (SSSR count). The average Bonchev–Trinajstić information content (AvgIpc) is 2.82. The molecule has 1 aromatic carbocycles. The molecule has 4 N–H and O–H groups in total. The van der Waals surface area contributed by atoms with Crippen LogP contribution in [0.1, 0.15) is 12.5 Å². The van der Waals surface area contributed by atoms with E-state index in [9.17, 15) is 9.59 Å². The zero-order chi connectivity index (χ0) is 13.8. The lowest BCUT2D eigenvalue weighted by Crippen LogP contribution is -2.38. The van der Waals surface area contributed by atoms with Gasteiger partial charge in [0.2, 0.25) is 5.91 Å². The van der Waals surface area contributed by atoms with E-state index >= 15 is 0 Å². The summed E-state index contributed by atoms with van der Waals surface area (Å²) in [6.45, 7) is 3.08. The highest BCUT2D eigenvalue weighted by atomic mass is 16.2. The number of urea groups is 1. The molecule has 0 aromatic heterocycles. The summed E-state index contributed by atoms with van der Waals surface area (Å²) in [7, 11) is 0. The van der Waals surface area contributed by atoms with Gasteiger partial charge < -0.3 is 16.4 Å². The predicted octanol–water partition coefficient (Wildman–Crippen LogP) is 0.676. The van der Waals surface area contributed by atoms with Crippen LogP contribution in [-0.2, 0) is 11.2 Å². The van der Waals surface area contributed by atoms with Crippen molar-refractivity contribution in [3.63, 3.8) is 0 Å². The molecule has 1 aromatic rings. The Labute approximate surface area is 112 Å². The minimum Gasteiger partial charge on any atom is -0.338 e. The molecule has 0 saturated heterocycles. The summed E-state index contributed by atoms with van der Waals surface area (Å²) in [5.74, 6) is -0.248. The fraction of sp³-hybridized carbons (Fsp3) is 0.385. The second-order valence-corrected chi connectivity index (χ2v) is 4.33. The number of nitrogens with zero attached hydrogens (tertiary/aromatic N) is 1. The van der Waals surface area contributed by atoms with Crippen LogP contribution < -0.4 is 21.3 Å². The van der Waals surface area contributed by atoms with Crippen LogP contribution >= 0.6 is 0 Å². The Bertz CT molecular complexity index is 501. The molecule has 1 aliphatic heterocycles. The van der Waals surface area contributed by atoms with E-state index in [1.807, 2.05) is 25.1 Å². The standard InChI is InChI=1S/C13H18N4O2/c1-2-15-13(19)17-6-5-9-3-4-10(7-11(9)17)16-12(18)8-14/h3-4,7H,2,5-6,8,14H2,1H3,(H,15,19)(H,16,18). The topological polar surface area (TPSA) is 87.5 Å². The van der Waals surface area contributed by atoms with Gasteiger partial charge in [-0.05, 0) is 31.0 Å². The van der Waals surface area contributed by atoms with Gasteiger partial charge in [-0.25, -0.2) is 4.79 Å². The third kappa shape index (κ3) is 2.85. The number of carbonyl (C=O) groups excluding carboxylic acids is 2. The molecule has 0 radical (unpaired) electrons. The molecule has 1 aliphatic rings. The summed E-state index contributed by atoms with van der Waals surface area (Å²) >= 11 is 0. The highest BCUT2D eigenvalue weighted by molar-refractivity contribution is 5.97. The van der Waals surface area contributed by atoms with Crippen LogP contribution in [0.3, 0.4) is 0 Å². The molecule has 0 fully saturated rings. The molecule has 102 valence electrons. The van der Waals surface area contributed by atoms with E-state index in [0.717, 1.165) is 17.7 Å². The highest BCUT2D eigenvalue weighted by Gasteiger charge is 2.24. The monoisotopic (exact) mass is 262 g/mol. The van der Waals surface area contributed by atoms with E-state index in [1.165, 1.54) is 0 Å². The van der Waals surface area contributed by atoms with E-state index < -0.39 is 0 Å². The van der Waals surface area contributed by atoms with Crippen LogP contribution in [0.2, 0.25) is 0 Å².